The molecular weight excluding hydrogens is 424 g/mol. The number of halogens is 2. The Kier molecular flexibility index (Phi) is 5.33. The minimum atomic E-state index is -0.744. The van der Waals surface area contributed by atoms with Crippen molar-refractivity contribution in [2.75, 3.05) is 12.3 Å². The maximum Gasteiger partial charge on any atom is 0.261 e. The highest BCUT2D eigenvalue weighted by Gasteiger charge is 2.52. The Morgan fingerprint density at radius 2 is 2.07 bits per heavy atom. The molecule has 5 rings (SSSR count). The Bertz CT molecular complexity index is 1030. The average Bonchev–Trinajstić information content (AvgIpc) is 3.15. The van der Waals surface area contributed by atoms with Gasteiger partial charge >= 0.3 is 0 Å². The van der Waals surface area contributed by atoms with Crippen LogP contribution in [0.3, 0.4) is 0 Å². The van der Waals surface area contributed by atoms with Crippen molar-refractivity contribution in [3.63, 3.8) is 0 Å². The molecule has 3 aliphatic rings. The first-order valence-corrected chi connectivity index (χ1v) is 11.9. The largest absolute Gasteiger partial charge is 0.306 e. The topological polar surface area (TPSA) is 44.7 Å². The molecule has 156 valence electrons. The van der Waals surface area contributed by atoms with Gasteiger partial charge in [-0.25, -0.2) is 13.8 Å². The highest BCUT2D eigenvalue weighted by molar-refractivity contribution is 8.15. The van der Waals surface area contributed by atoms with Crippen LogP contribution in [0, 0.1) is 11.6 Å². The molecule has 8 heteroatoms. The van der Waals surface area contributed by atoms with E-state index in [9.17, 15) is 13.6 Å². The molecule has 1 unspecified atom stereocenters. The molecule has 3 aliphatic heterocycles. The Morgan fingerprint density at radius 1 is 1.20 bits per heavy atom. The van der Waals surface area contributed by atoms with Crippen LogP contribution in [0.1, 0.15) is 36.8 Å². The zero-order valence-corrected chi connectivity index (χ0v) is 17.9. The fourth-order valence-corrected chi connectivity index (χ4v) is 7.07. The van der Waals surface area contributed by atoms with Gasteiger partial charge in [-0.15, -0.1) is 11.8 Å². The number of amides is 1. The van der Waals surface area contributed by atoms with Crippen LogP contribution in [0.5, 0.6) is 0 Å². The van der Waals surface area contributed by atoms with Gasteiger partial charge in [-0.1, -0.05) is 36.4 Å². The molecule has 2 aromatic rings. The number of hydrogen-bond donors (Lipinski definition) is 1. The second-order valence-corrected chi connectivity index (χ2v) is 10.1. The Hall–Kier alpha value is -1.90. The van der Waals surface area contributed by atoms with E-state index in [2.05, 4.69) is 10.4 Å². The van der Waals surface area contributed by atoms with Gasteiger partial charge in [0.2, 0.25) is 0 Å². The van der Waals surface area contributed by atoms with E-state index < -0.39 is 16.5 Å². The van der Waals surface area contributed by atoms with Crippen molar-refractivity contribution in [3.8, 4) is 0 Å². The normalized spacial score (nSPS) is 25.9. The lowest BCUT2D eigenvalue weighted by atomic mass is 9.99. The molecule has 0 radical (unpaired) electrons. The van der Waals surface area contributed by atoms with Crippen molar-refractivity contribution in [1.29, 1.82) is 0 Å². The summed E-state index contributed by atoms with van der Waals surface area (Å²) in [6, 6.07) is 11.0. The smallest absolute Gasteiger partial charge is 0.261 e. The summed E-state index contributed by atoms with van der Waals surface area (Å²) in [5, 5.41) is 9.83. The monoisotopic (exact) mass is 445 g/mol. The van der Waals surface area contributed by atoms with E-state index in [4.69, 9.17) is 0 Å². The summed E-state index contributed by atoms with van der Waals surface area (Å²) in [6.07, 6.45) is 3.47. The molecule has 3 heterocycles. The van der Waals surface area contributed by atoms with Crippen molar-refractivity contribution < 1.29 is 13.6 Å². The lowest BCUT2D eigenvalue weighted by molar-refractivity contribution is -0.137. The molecule has 2 atom stereocenters. The molecule has 0 bridgehead atoms. The van der Waals surface area contributed by atoms with Crippen LogP contribution >= 0.6 is 23.5 Å². The number of carbonyl (C=O) groups is 1. The molecule has 0 aliphatic carbocycles. The van der Waals surface area contributed by atoms with Crippen molar-refractivity contribution in [1.82, 2.24) is 10.3 Å². The van der Waals surface area contributed by atoms with Gasteiger partial charge in [-0.05, 0) is 50.1 Å². The Balaban J connectivity index is 1.62. The predicted molar refractivity (Wildman–Crippen MR) is 116 cm³/mol. The Morgan fingerprint density at radius 3 is 2.90 bits per heavy atom. The number of fused-ring (bicyclic) bond motifs is 2. The molecule has 2 aromatic carbocycles. The van der Waals surface area contributed by atoms with Gasteiger partial charge in [-0.2, -0.15) is 5.10 Å². The third kappa shape index (κ3) is 3.35. The molecule has 0 aromatic heterocycles. The van der Waals surface area contributed by atoms with E-state index in [0.29, 0.717) is 11.5 Å². The van der Waals surface area contributed by atoms with E-state index in [0.717, 1.165) is 60.2 Å². The van der Waals surface area contributed by atoms with Gasteiger partial charge in [0.1, 0.15) is 21.5 Å². The highest BCUT2D eigenvalue weighted by Crippen LogP contribution is 2.55. The first-order chi connectivity index (χ1) is 14.6. The van der Waals surface area contributed by atoms with Crippen LogP contribution in [0.15, 0.2) is 52.5 Å². The van der Waals surface area contributed by atoms with Crippen LogP contribution < -0.4 is 5.32 Å². The Labute approximate surface area is 182 Å². The second kappa shape index (κ2) is 7.98. The lowest BCUT2D eigenvalue weighted by Crippen LogP contribution is -2.52. The molecule has 1 N–H and O–H groups in total. The van der Waals surface area contributed by atoms with Crippen molar-refractivity contribution >= 4 is 34.5 Å². The van der Waals surface area contributed by atoms with E-state index in [1.165, 1.54) is 11.8 Å². The minimum Gasteiger partial charge on any atom is -0.306 e. The third-order valence-electron chi connectivity index (χ3n) is 5.78. The summed E-state index contributed by atoms with van der Waals surface area (Å²) in [5.74, 6) is -0.348. The van der Waals surface area contributed by atoms with E-state index in [-0.39, 0.29) is 17.5 Å². The summed E-state index contributed by atoms with van der Waals surface area (Å²) in [4.78, 5) is 13.9. The fraction of sp³-hybridized carbons (Fsp3) is 0.364. The van der Waals surface area contributed by atoms with Crippen molar-refractivity contribution in [3.05, 3.63) is 65.2 Å². The first-order valence-electron chi connectivity index (χ1n) is 10.1. The number of benzene rings is 2. The predicted octanol–water partition coefficient (Wildman–Crippen LogP) is 4.69. The van der Waals surface area contributed by atoms with Crippen LogP contribution in [-0.4, -0.2) is 34.3 Å². The van der Waals surface area contributed by atoms with Crippen LogP contribution in [0.4, 0.5) is 8.78 Å². The number of carbonyl (C=O) groups excluding carboxylic acids is 1. The highest BCUT2D eigenvalue weighted by atomic mass is 32.2. The maximum atomic E-state index is 14.6. The van der Waals surface area contributed by atoms with Crippen LogP contribution in [-0.2, 0) is 9.67 Å². The van der Waals surface area contributed by atoms with Gasteiger partial charge in [0.25, 0.3) is 5.91 Å². The maximum absolute atomic E-state index is 14.6. The van der Waals surface area contributed by atoms with Gasteiger partial charge < -0.3 is 5.32 Å². The van der Waals surface area contributed by atoms with Gasteiger partial charge in [-0.3, -0.25) is 4.79 Å². The molecule has 1 saturated heterocycles. The number of nitrogens with zero attached hydrogens (tertiary/aromatic N) is 2. The van der Waals surface area contributed by atoms with Crippen LogP contribution in [0.25, 0.3) is 0 Å². The molecule has 1 spiro atoms. The summed E-state index contributed by atoms with van der Waals surface area (Å²) < 4.78 is 28.5. The summed E-state index contributed by atoms with van der Waals surface area (Å²) in [5.41, 5.74) is 1.10. The number of thioether (sulfide) groups is 2. The quantitative estimate of drug-likeness (QED) is 0.728. The summed E-state index contributed by atoms with van der Waals surface area (Å²) in [7, 11) is 0. The van der Waals surface area contributed by atoms with Gasteiger partial charge in [0.05, 0.1) is 6.04 Å². The zero-order valence-electron chi connectivity index (χ0n) is 16.2. The summed E-state index contributed by atoms with van der Waals surface area (Å²) >= 11 is 3.11. The molecule has 1 amide bonds. The number of hydrazone groups is 1. The van der Waals surface area contributed by atoms with E-state index >= 15 is 0 Å². The lowest BCUT2D eigenvalue weighted by Gasteiger charge is -2.41. The number of nitrogens with one attached hydrogen (secondary N) is 1. The fourth-order valence-electron chi connectivity index (χ4n) is 4.28. The third-order valence-corrected chi connectivity index (χ3v) is 8.29. The van der Waals surface area contributed by atoms with Crippen molar-refractivity contribution in [2.45, 2.75) is 41.5 Å². The standard InChI is InChI=1S/C22H21F2N3OS2/c23-14-8-9-17(24)15(13-14)20-26-27(21(28)18-6-3-4-11-25-18)22(30-20)10-12-29-19-7-2-1-5-16(19)22/h1-2,5,7-9,13,18,25H,3-4,6,10-12H2/t18-,22?/m0/s1. The number of piperidine rings is 1. The molecule has 30 heavy (non-hydrogen) atoms. The molecule has 4 nitrogen and oxygen atoms in total. The first kappa shape index (κ1) is 20.0. The average molecular weight is 446 g/mol. The van der Waals surface area contributed by atoms with Crippen LogP contribution in [0.2, 0.25) is 0 Å². The van der Waals surface area contributed by atoms with Gasteiger partial charge in [0.15, 0.2) is 0 Å². The zero-order chi connectivity index (χ0) is 20.7. The van der Waals surface area contributed by atoms with E-state index in [1.54, 1.807) is 16.8 Å². The molecule has 1 fully saturated rings. The van der Waals surface area contributed by atoms with Gasteiger partial charge in [0, 0.05) is 21.8 Å². The molecule has 0 saturated carbocycles. The SMILES string of the molecule is O=C([C@@H]1CCCCN1)N1N=C(c2cc(F)ccc2F)SC12CCSc1ccccc12. The minimum absolute atomic E-state index is 0.0991. The van der Waals surface area contributed by atoms with Crippen molar-refractivity contribution in [2.24, 2.45) is 5.10 Å². The summed E-state index contributed by atoms with van der Waals surface area (Å²) in [6.45, 7) is 0.798. The number of rotatable bonds is 2. The second-order valence-electron chi connectivity index (χ2n) is 7.66. The molecular formula is C22H21F2N3OS2. The number of hydrogen-bond acceptors (Lipinski definition) is 5. The van der Waals surface area contributed by atoms with E-state index in [1.807, 2.05) is 24.3 Å².